The number of hydrogen-bond acceptors (Lipinski definition) is 6. The topological polar surface area (TPSA) is 82.6 Å². The minimum Gasteiger partial charge on any atom is -0.493 e. The lowest BCUT2D eigenvalue weighted by molar-refractivity contribution is -0.119. The van der Waals surface area contributed by atoms with Gasteiger partial charge < -0.3 is 19.5 Å². The van der Waals surface area contributed by atoms with E-state index in [0.29, 0.717) is 33.8 Å². The third-order valence-corrected chi connectivity index (χ3v) is 6.10. The number of carbonyl (C=O) groups excluding carboxylic acids is 1. The standard InChI is InChI=1S/C27H22ClN3O4/c1-33-24-13-21-22(14-25(24)34-2)29-11-10-23(21)35-18-7-8-19-16(12-18)4-3-5-20(19)27(32)31-26-9-6-17(28)15-30-26/h3-15,19-20H,1-2H3,(H,30,31,32). The number of pyridine rings is 2. The Bertz CT molecular complexity index is 1410. The van der Waals surface area contributed by atoms with Gasteiger partial charge in [-0.1, -0.05) is 35.9 Å². The van der Waals surface area contributed by atoms with Crippen molar-refractivity contribution in [1.82, 2.24) is 9.97 Å². The zero-order chi connectivity index (χ0) is 24.4. The molecule has 176 valence electrons. The van der Waals surface area contributed by atoms with Crippen LogP contribution in [0.2, 0.25) is 5.02 Å². The zero-order valence-electron chi connectivity index (χ0n) is 19.1. The second-order valence-electron chi connectivity index (χ2n) is 8.00. The van der Waals surface area contributed by atoms with Crippen LogP contribution in [-0.4, -0.2) is 30.1 Å². The Morgan fingerprint density at radius 3 is 2.63 bits per heavy atom. The van der Waals surface area contributed by atoms with E-state index in [-0.39, 0.29) is 17.7 Å². The molecular weight excluding hydrogens is 466 g/mol. The number of nitrogens with zero attached hydrogens (tertiary/aromatic N) is 2. The number of rotatable bonds is 6. The van der Waals surface area contributed by atoms with Crippen LogP contribution in [0.25, 0.3) is 10.9 Å². The van der Waals surface area contributed by atoms with Crippen LogP contribution >= 0.6 is 11.6 Å². The number of aromatic nitrogens is 2. The summed E-state index contributed by atoms with van der Waals surface area (Å²) in [6, 6.07) is 8.83. The first-order valence-corrected chi connectivity index (χ1v) is 11.3. The minimum absolute atomic E-state index is 0.113. The van der Waals surface area contributed by atoms with Gasteiger partial charge in [-0.2, -0.15) is 0 Å². The molecule has 0 spiro atoms. The molecule has 2 unspecified atom stereocenters. The smallest absolute Gasteiger partial charge is 0.233 e. The van der Waals surface area contributed by atoms with Crippen LogP contribution < -0.4 is 19.5 Å². The molecular formula is C27H22ClN3O4. The van der Waals surface area contributed by atoms with Crippen LogP contribution in [0.5, 0.6) is 17.2 Å². The highest BCUT2D eigenvalue weighted by atomic mass is 35.5. The number of methoxy groups -OCH3 is 2. The first kappa shape index (κ1) is 22.7. The quantitative estimate of drug-likeness (QED) is 0.494. The number of anilines is 1. The van der Waals surface area contributed by atoms with E-state index < -0.39 is 0 Å². The number of carbonyl (C=O) groups is 1. The largest absolute Gasteiger partial charge is 0.493 e. The van der Waals surface area contributed by atoms with Crippen LogP contribution in [0.3, 0.4) is 0 Å². The number of amides is 1. The van der Waals surface area contributed by atoms with E-state index in [9.17, 15) is 4.79 Å². The van der Waals surface area contributed by atoms with Crippen molar-refractivity contribution in [3.05, 3.63) is 95.5 Å². The molecule has 0 radical (unpaired) electrons. The maximum Gasteiger partial charge on any atom is 0.233 e. The molecule has 35 heavy (non-hydrogen) atoms. The fourth-order valence-electron chi connectivity index (χ4n) is 4.15. The third-order valence-electron chi connectivity index (χ3n) is 5.87. The van der Waals surface area contributed by atoms with Crippen LogP contribution in [0.4, 0.5) is 5.82 Å². The van der Waals surface area contributed by atoms with Gasteiger partial charge in [-0.3, -0.25) is 9.78 Å². The van der Waals surface area contributed by atoms with Crippen molar-refractivity contribution in [2.75, 3.05) is 19.5 Å². The van der Waals surface area contributed by atoms with Gasteiger partial charge in [0.2, 0.25) is 5.91 Å². The summed E-state index contributed by atoms with van der Waals surface area (Å²) in [4.78, 5) is 21.5. The lowest BCUT2D eigenvalue weighted by atomic mass is 9.79. The van der Waals surface area contributed by atoms with Gasteiger partial charge in [0.15, 0.2) is 11.5 Å². The molecule has 0 bridgehead atoms. The van der Waals surface area contributed by atoms with E-state index >= 15 is 0 Å². The van der Waals surface area contributed by atoms with Gasteiger partial charge in [-0.25, -0.2) is 4.98 Å². The molecule has 0 saturated carbocycles. The minimum atomic E-state index is -0.375. The van der Waals surface area contributed by atoms with Gasteiger partial charge in [0.1, 0.15) is 17.3 Å². The van der Waals surface area contributed by atoms with E-state index in [2.05, 4.69) is 15.3 Å². The molecule has 3 aromatic rings. The number of allylic oxidation sites excluding steroid dienone is 6. The van der Waals surface area contributed by atoms with Crippen molar-refractivity contribution >= 4 is 34.2 Å². The highest BCUT2D eigenvalue weighted by Gasteiger charge is 2.30. The summed E-state index contributed by atoms with van der Waals surface area (Å²) < 4.78 is 17.1. The molecule has 2 aliphatic carbocycles. The summed E-state index contributed by atoms with van der Waals surface area (Å²) in [5.41, 5.74) is 1.71. The average molecular weight is 488 g/mol. The molecule has 1 amide bonds. The van der Waals surface area contributed by atoms with Gasteiger partial charge >= 0.3 is 0 Å². The molecule has 0 aliphatic heterocycles. The summed E-state index contributed by atoms with van der Waals surface area (Å²) in [6.45, 7) is 0. The van der Waals surface area contributed by atoms with Crippen molar-refractivity contribution in [3.63, 3.8) is 0 Å². The number of ether oxygens (including phenoxy) is 3. The van der Waals surface area contributed by atoms with E-state index in [1.54, 1.807) is 38.6 Å². The lowest BCUT2D eigenvalue weighted by Crippen LogP contribution is -2.30. The predicted octanol–water partition coefficient (Wildman–Crippen LogP) is 5.50. The summed E-state index contributed by atoms with van der Waals surface area (Å²) in [5.74, 6) is 2.31. The van der Waals surface area contributed by atoms with Gasteiger partial charge in [-0.15, -0.1) is 0 Å². The van der Waals surface area contributed by atoms with Crippen molar-refractivity contribution in [2.24, 2.45) is 11.8 Å². The molecule has 2 aromatic heterocycles. The van der Waals surface area contributed by atoms with E-state index in [4.69, 9.17) is 25.8 Å². The van der Waals surface area contributed by atoms with E-state index in [1.807, 2.05) is 48.6 Å². The molecule has 1 aromatic carbocycles. The van der Waals surface area contributed by atoms with E-state index in [1.165, 1.54) is 6.20 Å². The number of fused-ring (bicyclic) bond motifs is 2. The van der Waals surface area contributed by atoms with Crippen LogP contribution in [0, 0.1) is 11.8 Å². The normalized spacial score (nSPS) is 18.4. The Labute approximate surface area is 207 Å². The molecule has 2 atom stereocenters. The van der Waals surface area contributed by atoms with Crippen LogP contribution in [0.1, 0.15) is 0 Å². The molecule has 2 heterocycles. The molecule has 8 heteroatoms. The molecule has 0 fully saturated rings. The molecule has 1 N–H and O–H groups in total. The third kappa shape index (κ3) is 4.63. The Hall–Kier alpha value is -4.10. The Morgan fingerprint density at radius 1 is 1.03 bits per heavy atom. The van der Waals surface area contributed by atoms with Crippen LogP contribution in [0.15, 0.2) is 90.5 Å². The Balaban J connectivity index is 1.36. The maximum atomic E-state index is 13.0. The Kier molecular flexibility index (Phi) is 6.25. The summed E-state index contributed by atoms with van der Waals surface area (Å²) in [5, 5.41) is 4.17. The predicted molar refractivity (Wildman–Crippen MR) is 135 cm³/mol. The average Bonchev–Trinajstić information content (AvgIpc) is 2.88. The monoisotopic (exact) mass is 487 g/mol. The summed E-state index contributed by atoms with van der Waals surface area (Å²) >= 11 is 5.88. The van der Waals surface area contributed by atoms with Crippen LogP contribution in [-0.2, 0) is 4.79 Å². The van der Waals surface area contributed by atoms with Gasteiger partial charge in [0.05, 0.1) is 30.7 Å². The van der Waals surface area contributed by atoms with E-state index in [0.717, 1.165) is 16.5 Å². The highest BCUT2D eigenvalue weighted by Crippen LogP contribution is 2.38. The second-order valence-corrected chi connectivity index (χ2v) is 8.43. The molecule has 0 saturated heterocycles. The zero-order valence-corrected chi connectivity index (χ0v) is 19.8. The van der Waals surface area contributed by atoms with Gasteiger partial charge in [-0.05, 0) is 42.0 Å². The van der Waals surface area contributed by atoms with Gasteiger partial charge in [0, 0.05) is 29.8 Å². The summed E-state index contributed by atoms with van der Waals surface area (Å²) in [6.07, 6.45) is 14.8. The maximum absolute atomic E-state index is 13.0. The van der Waals surface area contributed by atoms with Gasteiger partial charge in [0.25, 0.3) is 0 Å². The number of hydrogen-bond donors (Lipinski definition) is 1. The SMILES string of the molecule is COc1cc2nccc(OC3=CC4=CC=CC(C(=O)Nc5ccc(Cl)cn5)C4C=C3)c2cc1OC. The first-order valence-electron chi connectivity index (χ1n) is 10.9. The number of nitrogens with one attached hydrogen (secondary N) is 1. The van der Waals surface area contributed by atoms with Crippen molar-refractivity contribution in [3.8, 4) is 17.2 Å². The van der Waals surface area contributed by atoms with Crippen molar-refractivity contribution in [2.45, 2.75) is 0 Å². The first-order chi connectivity index (χ1) is 17.1. The second kappa shape index (κ2) is 9.64. The highest BCUT2D eigenvalue weighted by molar-refractivity contribution is 6.30. The number of benzene rings is 1. The summed E-state index contributed by atoms with van der Waals surface area (Å²) in [7, 11) is 3.18. The molecule has 7 nitrogen and oxygen atoms in total. The fourth-order valence-corrected chi connectivity index (χ4v) is 4.26. The Morgan fingerprint density at radius 2 is 1.86 bits per heavy atom. The van der Waals surface area contributed by atoms with Crippen molar-refractivity contribution in [1.29, 1.82) is 0 Å². The fraction of sp³-hybridized carbons (Fsp3) is 0.148. The molecule has 2 aliphatic rings. The lowest BCUT2D eigenvalue weighted by Gasteiger charge is -2.27. The molecule has 5 rings (SSSR count). The van der Waals surface area contributed by atoms with Crippen molar-refractivity contribution < 1.29 is 19.0 Å². The number of halogens is 1.